The number of sulfonamides is 1. The Hall–Kier alpha value is -0.630. The summed E-state index contributed by atoms with van der Waals surface area (Å²) in [7, 11) is -3.45. The van der Waals surface area contributed by atoms with E-state index in [0.717, 1.165) is 30.6 Å². The largest absolute Gasteiger partial charge is 0.398 e. The topological polar surface area (TPSA) is 83.6 Å². The van der Waals surface area contributed by atoms with Gasteiger partial charge in [0.25, 0.3) is 10.0 Å². The summed E-state index contributed by atoms with van der Waals surface area (Å²) in [5, 5.41) is 10.7. The van der Waals surface area contributed by atoms with Crippen LogP contribution in [0.15, 0.2) is 15.7 Å². The van der Waals surface area contributed by atoms with Crippen molar-refractivity contribution in [1.82, 2.24) is 4.31 Å². The molecule has 0 radical (unpaired) electrons. The van der Waals surface area contributed by atoms with Gasteiger partial charge in [-0.3, -0.25) is 0 Å². The van der Waals surface area contributed by atoms with Gasteiger partial charge in [0.1, 0.15) is 4.21 Å². The maximum absolute atomic E-state index is 12.5. The average molecular weight is 290 g/mol. The minimum atomic E-state index is -3.45. The van der Waals surface area contributed by atoms with Gasteiger partial charge >= 0.3 is 0 Å². The molecule has 3 N–H and O–H groups in total. The molecule has 2 heterocycles. The second-order valence-electron chi connectivity index (χ2n) is 4.48. The van der Waals surface area contributed by atoms with E-state index in [1.165, 1.54) is 10.4 Å². The molecular formula is C11H18N2O3S2. The molecule has 0 bridgehead atoms. The van der Waals surface area contributed by atoms with Crippen LogP contribution < -0.4 is 5.73 Å². The van der Waals surface area contributed by atoms with E-state index in [2.05, 4.69) is 0 Å². The normalized spacial score (nSPS) is 22.2. The molecule has 1 atom stereocenters. The van der Waals surface area contributed by atoms with Crippen LogP contribution in [0.5, 0.6) is 0 Å². The summed E-state index contributed by atoms with van der Waals surface area (Å²) in [6.45, 7) is 0.550. The number of hydrogen-bond donors (Lipinski definition) is 2. The second kappa shape index (κ2) is 5.56. The van der Waals surface area contributed by atoms with E-state index in [4.69, 9.17) is 10.8 Å². The van der Waals surface area contributed by atoms with Gasteiger partial charge in [0.05, 0.1) is 0 Å². The van der Waals surface area contributed by atoms with Crippen LogP contribution in [-0.2, 0) is 10.0 Å². The minimum absolute atomic E-state index is 0.0171. The lowest BCUT2D eigenvalue weighted by molar-refractivity contribution is 0.193. The molecule has 5 nitrogen and oxygen atoms in total. The second-order valence-corrected chi connectivity index (χ2v) is 7.51. The predicted molar refractivity (Wildman–Crippen MR) is 72.0 cm³/mol. The van der Waals surface area contributed by atoms with E-state index < -0.39 is 10.0 Å². The van der Waals surface area contributed by atoms with Crippen LogP contribution in [0.25, 0.3) is 0 Å². The number of rotatable bonds is 4. The Morgan fingerprint density at radius 2 is 2.28 bits per heavy atom. The number of aliphatic hydroxyl groups excluding tert-OH is 1. The first-order valence-electron chi connectivity index (χ1n) is 6.02. The highest BCUT2D eigenvalue weighted by molar-refractivity contribution is 7.91. The predicted octanol–water partition coefficient (Wildman–Crippen LogP) is 1.26. The Balaban J connectivity index is 2.27. The quantitative estimate of drug-likeness (QED) is 0.874. The van der Waals surface area contributed by atoms with Gasteiger partial charge in [0.15, 0.2) is 0 Å². The summed E-state index contributed by atoms with van der Waals surface area (Å²) in [4.78, 5) is 0. The molecule has 0 amide bonds. The maximum atomic E-state index is 12.5. The first-order chi connectivity index (χ1) is 8.55. The monoisotopic (exact) mass is 290 g/mol. The summed E-state index contributed by atoms with van der Waals surface area (Å²) in [5.74, 6) is 0. The molecule has 1 aromatic rings. The van der Waals surface area contributed by atoms with Crippen LogP contribution in [0.4, 0.5) is 5.69 Å². The molecule has 0 aromatic carbocycles. The molecule has 1 aliphatic heterocycles. The standard InChI is InChI=1S/C11H18N2O3S2/c12-9-7-11(17-8-9)18(15,16)13-5-2-1-3-10(13)4-6-14/h7-8,10,14H,1-6,12H2. The van der Waals surface area contributed by atoms with Crippen molar-refractivity contribution in [1.29, 1.82) is 0 Å². The average Bonchev–Trinajstić information content (AvgIpc) is 2.78. The van der Waals surface area contributed by atoms with Crippen molar-refractivity contribution in [3.63, 3.8) is 0 Å². The van der Waals surface area contributed by atoms with Gasteiger partial charge in [-0.05, 0) is 25.3 Å². The highest BCUT2D eigenvalue weighted by Crippen LogP contribution is 2.30. The Morgan fingerprint density at radius 3 is 2.89 bits per heavy atom. The molecule has 0 aliphatic carbocycles. The number of piperidine rings is 1. The van der Waals surface area contributed by atoms with Crippen LogP contribution >= 0.6 is 11.3 Å². The fraction of sp³-hybridized carbons (Fsp3) is 0.636. The van der Waals surface area contributed by atoms with Crippen molar-refractivity contribution in [2.75, 3.05) is 18.9 Å². The number of hydrogen-bond acceptors (Lipinski definition) is 5. The first kappa shape index (κ1) is 13.8. The molecular weight excluding hydrogens is 272 g/mol. The summed E-state index contributed by atoms with van der Waals surface area (Å²) in [6, 6.07) is 1.42. The van der Waals surface area contributed by atoms with E-state index in [-0.39, 0.29) is 12.6 Å². The van der Waals surface area contributed by atoms with E-state index in [1.54, 1.807) is 5.38 Å². The number of nitrogens with zero attached hydrogens (tertiary/aromatic N) is 1. The highest BCUT2D eigenvalue weighted by atomic mass is 32.2. The number of aliphatic hydroxyl groups is 1. The van der Waals surface area contributed by atoms with Crippen LogP contribution in [0.3, 0.4) is 0 Å². The number of nitrogen functional groups attached to an aromatic ring is 1. The van der Waals surface area contributed by atoms with Crippen molar-refractivity contribution in [2.45, 2.75) is 35.9 Å². The van der Waals surface area contributed by atoms with Crippen LogP contribution in [0.2, 0.25) is 0 Å². The smallest absolute Gasteiger partial charge is 0.252 e. The van der Waals surface area contributed by atoms with E-state index in [0.29, 0.717) is 22.9 Å². The molecule has 1 unspecified atom stereocenters. The molecule has 102 valence electrons. The molecule has 7 heteroatoms. The molecule has 1 aromatic heterocycles. The molecule has 1 aliphatic rings. The van der Waals surface area contributed by atoms with Crippen LogP contribution in [0.1, 0.15) is 25.7 Å². The van der Waals surface area contributed by atoms with Gasteiger partial charge in [-0.25, -0.2) is 8.42 Å². The van der Waals surface area contributed by atoms with E-state index in [9.17, 15) is 8.42 Å². The van der Waals surface area contributed by atoms with Crippen molar-refractivity contribution < 1.29 is 13.5 Å². The third kappa shape index (κ3) is 2.69. The Kier molecular flexibility index (Phi) is 4.26. The van der Waals surface area contributed by atoms with Gasteiger partial charge in [-0.2, -0.15) is 4.31 Å². The third-order valence-electron chi connectivity index (χ3n) is 3.19. The van der Waals surface area contributed by atoms with Gasteiger partial charge in [0, 0.05) is 30.3 Å². The first-order valence-corrected chi connectivity index (χ1v) is 8.34. The van der Waals surface area contributed by atoms with Gasteiger partial charge in [-0.15, -0.1) is 11.3 Å². The third-order valence-corrected chi connectivity index (χ3v) is 6.58. The lowest BCUT2D eigenvalue weighted by atomic mass is 10.0. The summed E-state index contributed by atoms with van der Waals surface area (Å²) >= 11 is 1.15. The molecule has 18 heavy (non-hydrogen) atoms. The molecule has 0 spiro atoms. The SMILES string of the molecule is Nc1csc(S(=O)(=O)N2CCCCC2CCO)c1. The Labute approximate surface area is 111 Å². The molecule has 2 rings (SSSR count). The lowest BCUT2D eigenvalue weighted by Crippen LogP contribution is -2.43. The van der Waals surface area contributed by atoms with E-state index in [1.807, 2.05) is 0 Å². The van der Waals surface area contributed by atoms with Gasteiger partial charge in [-0.1, -0.05) is 6.42 Å². The van der Waals surface area contributed by atoms with Crippen LogP contribution in [0, 0.1) is 0 Å². The lowest BCUT2D eigenvalue weighted by Gasteiger charge is -2.33. The summed E-state index contributed by atoms with van der Waals surface area (Å²) in [5.41, 5.74) is 6.07. The minimum Gasteiger partial charge on any atom is -0.398 e. The highest BCUT2D eigenvalue weighted by Gasteiger charge is 2.33. The molecule has 0 saturated carbocycles. The van der Waals surface area contributed by atoms with Gasteiger partial charge in [0.2, 0.25) is 0 Å². The fourth-order valence-corrected chi connectivity index (χ4v) is 5.24. The summed E-state index contributed by atoms with van der Waals surface area (Å²) in [6.07, 6.45) is 3.21. The summed E-state index contributed by atoms with van der Waals surface area (Å²) < 4.78 is 26.8. The number of nitrogens with two attached hydrogens (primary N) is 1. The Bertz CT molecular complexity index is 496. The van der Waals surface area contributed by atoms with Crippen LogP contribution in [-0.4, -0.2) is 37.0 Å². The molecule has 1 saturated heterocycles. The van der Waals surface area contributed by atoms with Crippen molar-refractivity contribution in [2.24, 2.45) is 0 Å². The number of thiophene rings is 1. The van der Waals surface area contributed by atoms with Gasteiger partial charge < -0.3 is 10.8 Å². The van der Waals surface area contributed by atoms with Crippen molar-refractivity contribution in [3.05, 3.63) is 11.4 Å². The maximum Gasteiger partial charge on any atom is 0.252 e. The zero-order valence-corrected chi connectivity index (χ0v) is 11.7. The van der Waals surface area contributed by atoms with Crippen molar-refractivity contribution in [3.8, 4) is 0 Å². The zero-order chi connectivity index (χ0) is 13.2. The number of anilines is 1. The Morgan fingerprint density at radius 1 is 1.50 bits per heavy atom. The van der Waals surface area contributed by atoms with Crippen molar-refractivity contribution >= 4 is 27.0 Å². The van der Waals surface area contributed by atoms with E-state index >= 15 is 0 Å². The fourth-order valence-electron chi connectivity index (χ4n) is 2.31. The molecule has 1 fully saturated rings. The zero-order valence-electron chi connectivity index (χ0n) is 10.1.